The molecule has 0 radical (unpaired) electrons. The third kappa shape index (κ3) is 2.97. The van der Waals surface area contributed by atoms with Gasteiger partial charge in [-0.05, 0) is 49.7 Å². The van der Waals surface area contributed by atoms with Crippen molar-refractivity contribution >= 4 is 43.2 Å². The molecule has 0 aliphatic rings. The lowest BCUT2D eigenvalue weighted by molar-refractivity contribution is 0.517. The van der Waals surface area contributed by atoms with Crippen LogP contribution in [0.4, 0.5) is 0 Å². The normalized spacial score (nSPS) is 12.6. The van der Waals surface area contributed by atoms with E-state index in [9.17, 15) is 9.59 Å². The van der Waals surface area contributed by atoms with E-state index < -0.39 is 0 Å². The predicted molar refractivity (Wildman–Crippen MR) is 113 cm³/mol. The van der Waals surface area contributed by atoms with E-state index in [1.807, 2.05) is 44.2 Å². The van der Waals surface area contributed by atoms with E-state index in [-0.39, 0.29) is 22.4 Å². The first-order valence-corrected chi connectivity index (χ1v) is 9.94. The largest absolute Gasteiger partial charge is 0.289 e. The van der Waals surface area contributed by atoms with Crippen LogP contribution in [-0.2, 0) is 0 Å². The molecule has 0 unspecified atom stereocenters. The van der Waals surface area contributed by atoms with E-state index >= 15 is 0 Å². The molecule has 0 saturated heterocycles. The molecule has 136 valence electrons. The molecular weight excluding hydrogens is 380 g/mol. The summed E-state index contributed by atoms with van der Waals surface area (Å²) in [5.74, 6) is 0.560. The molecule has 0 spiro atoms. The molecule has 27 heavy (non-hydrogen) atoms. The summed E-state index contributed by atoms with van der Waals surface area (Å²) in [4.78, 5) is 31.6. The Morgan fingerprint density at radius 1 is 1.11 bits per heavy atom. The van der Waals surface area contributed by atoms with Crippen molar-refractivity contribution in [3.63, 3.8) is 0 Å². The number of hydrogen-bond acceptors (Lipinski definition) is 4. The summed E-state index contributed by atoms with van der Waals surface area (Å²) in [7, 11) is 0. The van der Waals surface area contributed by atoms with Crippen LogP contribution >= 0.6 is 22.9 Å². The quantitative estimate of drug-likeness (QED) is 0.443. The van der Waals surface area contributed by atoms with Gasteiger partial charge in [0.05, 0.1) is 0 Å². The van der Waals surface area contributed by atoms with Gasteiger partial charge < -0.3 is 0 Å². The number of aromatic nitrogens is 2. The number of halogens is 1. The molecule has 0 bridgehead atoms. The summed E-state index contributed by atoms with van der Waals surface area (Å²) in [6.45, 7) is 3.97. The predicted octanol–water partition coefficient (Wildman–Crippen LogP) is 5.26. The number of rotatable bonds is 3. The Kier molecular flexibility index (Phi) is 4.58. The molecule has 0 fully saturated rings. The Labute approximate surface area is 164 Å². The van der Waals surface area contributed by atoms with E-state index in [0.29, 0.717) is 21.1 Å². The Morgan fingerprint density at radius 2 is 1.81 bits per heavy atom. The molecule has 6 heteroatoms. The topological polar surface area (TPSA) is 52.0 Å². The zero-order valence-electron chi connectivity index (χ0n) is 14.9. The molecule has 0 aliphatic carbocycles. The minimum atomic E-state index is -0.286. The van der Waals surface area contributed by atoms with E-state index in [0.717, 1.165) is 16.7 Å². The van der Waals surface area contributed by atoms with Crippen molar-refractivity contribution in [2.75, 3.05) is 0 Å². The second-order valence-corrected chi connectivity index (χ2v) is 7.95. The van der Waals surface area contributed by atoms with Crippen LogP contribution in [0.1, 0.15) is 26.3 Å². The maximum atomic E-state index is 13.4. The van der Waals surface area contributed by atoms with Crippen LogP contribution in [0, 0.1) is 0 Å². The molecular formula is C21H17ClN2O2S. The second-order valence-electron chi connectivity index (χ2n) is 6.48. The van der Waals surface area contributed by atoms with Gasteiger partial charge >= 0.3 is 0 Å². The van der Waals surface area contributed by atoms with Gasteiger partial charge in [-0.2, -0.15) is 0 Å². The Balaban J connectivity index is 2.17. The number of nitrogens with zero attached hydrogens (tertiary/aromatic N) is 2. The average molecular weight is 397 g/mol. The van der Waals surface area contributed by atoms with Crippen LogP contribution < -0.4 is 11.0 Å². The zero-order valence-corrected chi connectivity index (χ0v) is 16.5. The first-order chi connectivity index (χ1) is 13.0. The molecule has 2 aromatic carbocycles. The minimum Gasteiger partial charge on any atom is -0.289 e. The third-order valence-electron chi connectivity index (χ3n) is 4.78. The van der Waals surface area contributed by atoms with Crippen molar-refractivity contribution < 1.29 is 0 Å². The number of fused-ring (bicyclic) bond motifs is 2. The second kappa shape index (κ2) is 6.91. The standard InChI is InChI=1S/C21H17ClN2O2S/c1-3-12(2)24-19(13-8-10-14(22)11-9-13)23-20-17(21(24)26)18(25)15-6-4-5-7-16(15)27-20/h4-12H,3H2,1-2H3/t12-/m1/s1. The van der Waals surface area contributed by atoms with Gasteiger partial charge in [-0.3, -0.25) is 14.2 Å². The summed E-state index contributed by atoms with van der Waals surface area (Å²) >= 11 is 7.38. The van der Waals surface area contributed by atoms with Crippen molar-refractivity contribution in [3.05, 3.63) is 74.1 Å². The summed E-state index contributed by atoms with van der Waals surface area (Å²) in [5, 5.41) is 1.34. The van der Waals surface area contributed by atoms with Gasteiger partial charge in [-0.15, -0.1) is 11.3 Å². The van der Waals surface area contributed by atoms with E-state index in [1.165, 1.54) is 11.3 Å². The van der Waals surface area contributed by atoms with Gasteiger partial charge in [0.2, 0.25) is 5.43 Å². The Hall–Kier alpha value is -2.50. The maximum Gasteiger partial charge on any atom is 0.266 e. The molecule has 4 aromatic rings. The average Bonchev–Trinajstić information content (AvgIpc) is 2.68. The third-order valence-corrected chi connectivity index (χ3v) is 6.10. The monoisotopic (exact) mass is 396 g/mol. The van der Waals surface area contributed by atoms with Crippen LogP contribution in [0.25, 0.3) is 31.7 Å². The van der Waals surface area contributed by atoms with Gasteiger partial charge in [-0.1, -0.05) is 30.7 Å². The summed E-state index contributed by atoms with van der Waals surface area (Å²) in [6.07, 6.45) is 0.749. The lowest BCUT2D eigenvalue weighted by Crippen LogP contribution is -2.29. The van der Waals surface area contributed by atoms with Gasteiger partial charge in [-0.25, -0.2) is 4.98 Å². The van der Waals surface area contributed by atoms with E-state index in [4.69, 9.17) is 16.6 Å². The highest BCUT2D eigenvalue weighted by Crippen LogP contribution is 2.27. The van der Waals surface area contributed by atoms with Gasteiger partial charge in [0.1, 0.15) is 16.0 Å². The highest BCUT2D eigenvalue weighted by Gasteiger charge is 2.20. The fourth-order valence-electron chi connectivity index (χ4n) is 3.16. The van der Waals surface area contributed by atoms with Gasteiger partial charge in [0.15, 0.2) is 0 Å². The molecule has 2 heterocycles. The van der Waals surface area contributed by atoms with Crippen molar-refractivity contribution in [2.45, 2.75) is 26.3 Å². The Morgan fingerprint density at radius 3 is 2.52 bits per heavy atom. The highest BCUT2D eigenvalue weighted by atomic mass is 35.5. The van der Waals surface area contributed by atoms with Crippen LogP contribution in [0.3, 0.4) is 0 Å². The smallest absolute Gasteiger partial charge is 0.266 e. The van der Waals surface area contributed by atoms with Crippen LogP contribution in [0.5, 0.6) is 0 Å². The first kappa shape index (κ1) is 17.9. The van der Waals surface area contributed by atoms with Crippen molar-refractivity contribution in [2.24, 2.45) is 0 Å². The molecule has 4 rings (SSSR count). The SMILES string of the molecule is CC[C@@H](C)n1c(-c2ccc(Cl)cc2)nc2sc3ccccc3c(=O)c2c1=O. The Bertz CT molecular complexity index is 1280. The first-order valence-electron chi connectivity index (χ1n) is 8.75. The van der Waals surface area contributed by atoms with E-state index in [1.54, 1.807) is 22.8 Å². The highest BCUT2D eigenvalue weighted by molar-refractivity contribution is 7.24. The van der Waals surface area contributed by atoms with Crippen LogP contribution in [-0.4, -0.2) is 9.55 Å². The molecule has 0 amide bonds. The van der Waals surface area contributed by atoms with Crippen molar-refractivity contribution in [1.29, 1.82) is 0 Å². The van der Waals surface area contributed by atoms with Gasteiger partial charge in [0, 0.05) is 26.7 Å². The molecule has 0 saturated carbocycles. The van der Waals surface area contributed by atoms with Crippen LogP contribution in [0.2, 0.25) is 5.02 Å². The van der Waals surface area contributed by atoms with Gasteiger partial charge in [0.25, 0.3) is 5.56 Å². The lowest BCUT2D eigenvalue weighted by Gasteiger charge is -2.18. The zero-order chi connectivity index (χ0) is 19.1. The maximum absolute atomic E-state index is 13.4. The van der Waals surface area contributed by atoms with Crippen molar-refractivity contribution in [3.8, 4) is 11.4 Å². The number of benzene rings is 2. The van der Waals surface area contributed by atoms with Crippen LogP contribution in [0.15, 0.2) is 58.1 Å². The summed E-state index contributed by atoms with van der Waals surface area (Å²) in [5.41, 5.74) is 0.259. The fraction of sp³-hybridized carbons (Fsp3) is 0.190. The lowest BCUT2D eigenvalue weighted by atomic mass is 10.1. The minimum absolute atomic E-state index is 0.0871. The molecule has 2 aromatic heterocycles. The molecule has 4 nitrogen and oxygen atoms in total. The number of hydrogen-bond donors (Lipinski definition) is 0. The molecule has 0 N–H and O–H groups in total. The van der Waals surface area contributed by atoms with Crippen molar-refractivity contribution in [1.82, 2.24) is 9.55 Å². The fourth-order valence-corrected chi connectivity index (χ4v) is 4.32. The van der Waals surface area contributed by atoms with E-state index in [2.05, 4.69) is 0 Å². The molecule has 0 aliphatic heterocycles. The summed E-state index contributed by atoms with van der Waals surface area (Å²) in [6, 6.07) is 14.5. The summed E-state index contributed by atoms with van der Waals surface area (Å²) < 4.78 is 2.46. The molecule has 1 atom stereocenters.